The van der Waals surface area contributed by atoms with Gasteiger partial charge in [-0.1, -0.05) is 48.5 Å². The maximum atomic E-state index is 12.4. The van der Waals surface area contributed by atoms with Gasteiger partial charge in [-0.2, -0.15) is 0 Å². The average Bonchev–Trinajstić information content (AvgIpc) is 2.92. The molecule has 0 radical (unpaired) electrons. The van der Waals surface area contributed by atoms with Crippen molar-refractivity contribution in [2.75, 3.05) is 13.1 Å². The lowest BCUT2D eigenvalue weighted by atomic mass is 10.2. The van der Waals surface area contributed by atoms with Gasteiger partial charge in [0.05, 0.1) is 0 Å². The third-order valence-electron chi connectivity index (χ3n) is 3.66. The van der Waals surface area contributed by atoms with Crippen LogP contribution in [-0.2, 0) is 6.54 Å². The van der Waals surface area contributed by atoms with Crippen LogP contribution in [0.15, 0.2) is 60.7 Å². The molecule has 1 amide bonds. The first kappa shape index (κ1) is 17.1. The molecule has 0 saturated carbocycles. The number of aromatic nitrogens is 1. The molecule has 0 aliphatic carbocycles. The fourth-order valence-corrected chi connectivity index (χ4v) is 2.61. The van der Waals surface area contributed by atoms with Gasteiger partial charge in [-0.3, -0.25) is 4.79 Å². The van der Waals surface area contributed by atoms with E-state index in [4.69, 9.17) is 5.73 Å². The summed E-state index contributed by atoms with van der Waals surface area (Å²) in [5, 5.41) is 3.92. The fourth-order valence-electron chi connectivity index (χ4n) is 2.61. The zero-order valence-electron chi connectivity index (χ0n) is 12.7. The van der Waals surface area contributed by atoms with E-state index in [-0.39, 0.29) is 18.3 Å². The largest absolute Gasteiger partial charge is 0.349 e. The smallest absolute Gasteiger partial charge is 0.267 e. The topological polar surface area (TPSA) is 60.0 Å². The molecule has 120 valence electrons. The molecule has 4 nitrogen and oxygen atoms in total. The van der Waals surface area contributed by atoms with Crippen LogP contribution in [0.1, 0.15) is 16.1 Å². The molecule has 0 saturated heterocycles. The Morgan fingerprint density at radius 3 is 2.48 bits per heavy atom. The second kappa shape index (κ2) is 7.81. The van der Waals surface area contributed by atoms with Crippen LogP contribution in [0.5, 0.6) is 0 Å². The maximum absolute atomic E-state index is 12.4. The van der Waals surface area contributed by atoms with Gasteiger partial charge < -0.3 is 15.6 Å². The van der Waals surface area contributed by atoms with Crippen LogP contribution >= 0.6 is 12.4 Å². The fraction of sp³-hybridized carbons (Fsp3) is 0.167. The summed E-state index contributed by atoms with van der Waals surface area (Å²) in [5.74, 6) is -0.0856. The monoisotopic (exact) mass is 329 g/mol. The molecule has 0 aliphatic rings. The van der Waals surface area contributed by atoms with Crippen molar-refractivity contribution in [2.45, 2.75) is 6.54 Å². The van der Waals surface area contributed by atoms with Crippen molar-refractivity contribution in [3.05, 3.63) is 71.9 Å². The first-order valence-corrected chi connectivity index (χ1v) is 7.40. The Kier molecular flexibility index (Phi) is 5.79. The molecule has 0 spiro atoms. The number of carbonyl (C=O) groups excluding carboxylic acids is 1. The molecule has 0 atom stereocenters. The normalized spacial score (nSPS) is 10.3. The van der Waals surface area contributed by atoms with Crippen molar-refractivity contribution >= 4 is 29.2 Å². The number of benzene rings is 2. The number of rotatable bonds is 5. The Balaban J connectivity index is 0.00000192. The van der Waals surface area contributed by atoms with Gasteiger partial charge in [0.1, 0.15) is 5.69 Å². The molecule has 5 heteroatoms. The highest BCUT2D eigenvalue weighted by molar-refractivity contribution is 5.98. The average molecular weight is 330 g/mol. The Hall–Kier alpha value is -2.30. The lowest BCUT2D eigenvalue weighted by Gasteiger charge is -2.11. The molecule has 0 unspecified atom stereocenters. The molecule has 0 aliphatic heterocycles. The zero-order valence-corrected chi connectivity index (χ0v) is 13.6. The zero-order chi connectivity index (χ0) is 15.4. The number of carbonyl (C=O) groups is 1. The van der Waals surface area contributed by atoms with Crippen LogP contribution in [0, 0.1) is 0 Å². The first-order chi connectivity index (χ1) is 10.8. The van der Waals surface area contributed by atoms with Crippen LogP contribution in [0.4, 0.5) is 0 Å². The van der Waals surface area contributed by atoms with Crippen molar-refractivity contribution in [3.8, 4) is 0 Å². The molecule has 1 aromatic heterocycles. The molecule has 3 rings (SSSR count). The van der Waals surface area contributed by atoms with E-state index in [9.17, 15) is 4.79 Å². The number of hydrogen-bond acceptors (Lipinski definition) is 2. The van der Waals surface area contributed by atoms with Crippen molar-refractivity contribution in [1.29, 1.82) is 0 Å². The molecule has 2 aromatic carbocycles. The second-order valence-corrected chi connectivity index (χ2v) is 5.20. The van der Waals surface area contributed by atoms with Crippen LogP contribution < -0.4 is 11.1 Å². The molecule has 0 fully saturated rings. The van der Waals surface area contributed by atoms with Gasteiger partial charge in [0.2, 0.25) is 0 Å². The minimum absolute atomic E-state index is 0. The Labute approximate surface area is 141 Å². The Bertz CT molecular complexity index is 783. The highest BCUT2D eigenvalue weighted by Crippen LogP contribution is 2.21. The number of amides is 1. The lowest BCUT2D eigenvalue weighted by Crippen LogP contribution is -2.30. The van der Waals surface area contributed by atoms with Gasteiger partial charge in [0.25, 0.3) is 5.91 Å². The SMILES string of the molecule is Cl.NCCNC(=O)c1cc2ccccc2n1Cc1ccccc1. The third-order valence-corrected chi connectivity index (χ3v) is 3.66. The van der Waals surface area contributed by atoms with Crippen LogP contribution in [-0.4, -0.2) is 23.6 Å². The first-order valence-electron chi connectivity index (χ1n) is 7.40. The summed E-state index contributed by atoms with van der Waals surface area (Å²) in [6.45, 7) is 1.58. The third kappa shape index (κ3) is 3.73. The number of nitrogens with zero attached hydrogens (tertiary/aromatic N) is 1. The number of nitrogens with one attached hydrogen (secondary N) is 1. The summed E-state index contributed by atoms with van der Waals surface area (Å²) in [6.07, 6.45) is 0. The minimum Gasteiger partial charge on any atom is -0.349 e. The lowest BCUT2D eigenvalue weighted by molar-refractivity contribution is 0.0946. The summed E-state index contributed by atoms with van der Waals surface area (Å²) in [6, 6.07) is 20.1. The van der Waals surface area contributed by atoms with Gasteiger partial charge in [0, 0.05) is 30.5 Å². The summed E-state index contributed by atoms with van der Waals surface area (Å²) in [5.41, 5.74) is 8.36. The van der Waals surface area contributed by atoms with Crippen molar-refractivity contribution < 1.29 is 4.79 Å². The van der Waals surface area contributed by atoms with E-state index in [2.05, 4.69) is 22.0 Å². The molecule has 1 heterocycles. The predicted octanol–water partition coefficient (Wildman–Crippen LogP) is 2.80. The highest BCUT2D eigenvalue weighted by Gasteiger charge is 2.15. The Morgan fingerprint density at radius 1 is 1.04 bits per heavy atom. The van der Waals surface area contributed by atoms with Gasteiger partial charge in [-0.15, -0.1) is 12.4 Å². The Morgan fingerprint density at radius 2 is 1.74 bits per heavy atom. The molecular formula is C18H20ClN3O. The number of halogens is 1. The van der Waals surface area contributed by atoms with Crippen LogP contribution in [0.2, 0.25) is 0 Å². The van der Waals surface area contributed by atoms with E-state index in [1.54, 1.807) is 0 Å². The summed E-state index contributed by atoms with van der Waals surface area (Å²) in [7, 11) is 0. The van der Waals surface area contributed by atoms with Crippen LogP contribution in [0.25, 0.3) is 10.9 Å². The van der Waals surface area contributed by atoms with E-state index >= 15 is 0 Å². The minimum atomic E-state index is -0.0856. The molecule has 3 N–H and O–H groups in total. The summed E-state index contributed by atoms with van der Waals surface area (Å²) >= 11 is 0. The van der Waals surface area contributed by atoms with Gasteiger partial charge in [0.15, 0.2) is 0 Å². The van der Waals surface area contributed by atoms with E-state index in [0.29, 0.717) is 25.3 Å². The summed E-state index contributed by atoms with van der Waals surface area (Å²) < 4.78 is 2.05. The number of fused-ring (bicyclic) bond motifs is 1. The van der Waals surface area contributed by atoms with Crippen molar-refractivity contribution in [3.63, 3.8) is 0 Å². The number of nitrogens with two attached hydrogens (primary N) is 1. The van der Waals surface area contributed by atoms with Crippen LogP contribution in [0.3, 0.4) is 0 Å². The van der Waals surface area contributed by atoms with Gasteiger partial charge in [-0.25, -0.2) is 0 Å². The van der Waals surface area contributed by atoms with E-state index in [1.165, 1.54) is 0 Å². The van der Waals surface area contributed by atoms with Gasteiger partial charge >= 0.3 is 0 Å². The number of para-hydroxylation sites is 1. The second-order valence-electron chi connectivity index (χ2n) is 5.20. The quantitative estimate of drug-likeness (QED) is 0.756. The molecule has 3 aromatic rings. The summed E-state index contributed by atoms with van der Waals surface area (Å²) in [4.78, 5) is 12.4. The maximum Gasteiger partial charge on any atom is 0.267 e. The standard InChI is InChI=1S/C18H19N3O.ClH/c19-10-11-20-18(22)17-12-15-8-4-5-9-16(15)21(17)13-14-6-2-1-3-7-14;/h1-9,12H,10-11,13,19H2,(H,20,22);1H. The predicted molar refractivity (Wildman–Crippen MR) is 96.1 cm³/mol. The van der Waals surface area contributed by atoms with E-state index in [1.807, 2.05) is 48.5 Å². The molecule has 23 heavy (non-hydrogen) atoms. The van der Waals surface area contributed by atoms with Gasteiger partial charge in [-0.05, 0) is 17.7 Å². The number of hydrogen-bond donors (Lipinski definition) is 2. The van der Waals surface area contributed by atoms with Crippen molar-refractivity contribution in [2.24, 2.45) is 5.73 Å². The highest BCUT2D eigenvalue weighted by atomic mass is 35.5. The van der Waals surface area contributed by atoms with E-state index < -0.39 is 0 Å². The van der Waals surface area contributed by atoms with Crippen molar-refractivity contribution in [1.82, 2.24) is 9.88 Å². The van der Waals surface area contributed by atoms with E-state index in [0.717, 1.165) is 16.5 Å². The molecular weight excluding hydrogens is 310 g/mol. The molecule has 0 bridgehead atoms.